The number of piperidine rings is 1. The fraction of sp³-hybridized carbons (Fsp3) is 0.481. The van der Waals surface area contributed by atoms with Crippen molar-refractivity contribution in [3.63, 3.8) is 0 Å². The molecule has 4 rings (SSSR count). The predicted molar refractivity (Wildman–Crippen MR) is 152 cm³/mol. The summed E-state index contributed by atoms with van der Waals surface area (Å²) in [5.41, 5.74) is 0.921. The number of carbonyl (C=O) groups is 4. The topological polar surface area (TPSA) is 151 Å². The van der Waals surface area contributed by atoms with Crippen LogP contribution in [0, 0.1) is 0 Å². The first kappa shape index (κ1) is 30.5. The van der Waals surface area contributed by atoms with E-state index in [1.807, 2.05) is 6.92 Å². The van der Waals surface area contributed by atoms with Crippen LogP contribution in [-0.2, 0) is 32.5 Å². The molecule has 1 aromatic heterocycles. The molecular formula is C27H34N4O8S2. The van der Waals surface area contributed by atoms with Crippen LogP contribution in [0.2, 0.25) is 0 Å². The molecule has 0 saturated carbocycles. The van der Waals surface area contributed by atoms with Gasteiger partial charge in [0.1, 0.15) is 5.00 Å². The molecule has 0 spiro atoms. The third-order valence-electron chi connectivity index (χ3n) is 6.99. The Labute approximate surface area is 243 Å². The largest absolute Gasteiger partial charge is 0.450 e. The van der Waals surface area contributed by atoms with Crippen molar-refractivity contribution in [1.29, 1.82) is 0 Å². The number of benzene rings is 1. The molecule has 0 radical (unpaired) electrons. The summed E-state index contributed by atoms with van der Waals surface area (Å²) in [6.45, 7) is 6.42. The first-order valence-electron chi connectivity index (χ1n) is 13.5. The fourth-order valence-corrected chi connectivity index (χ4v) is 7.90. The molecule has 1 saturated heterocycles. The van der Waals surface area contributed by atoms with Gasteiger partial charge in [-0.3, -0.25) is 14.9 Å². The van der Waals surface area contributed by atoms with Crippen molar-refractivity contribution in [2.45, 2.75) is 63.9 Å². The van der Waals surface area contributed by atoms with Crippen LogP contribution < -0.4 is 10.6 Å². The maximum Gasteiger partial charge on any atom is 0.414 e. The lowest BCUT2D eigenvalue weighted by Crippen LogP contribution is -2.41. The second-order valence-electron chi connectivity index (χ2n) is 9.69. The number of rotatable bonds is 7. The predicted octanol–water partition coefficient (Wildman–Crippen LogP) is 3.96. The lowest BCUT2D eigenvalue weighted by atomic mass is 10.0. The van der Waals surface area contributed by atoms with Crippen LogP contribution in [0.25, 0.3) is 0 Å². The number of anilines is 1. The molecule has 2 aliphatic heterocycles. The third-order valence-corrected chi connectivity index (χ3v) is 10.2. The maximum absolute atomic E-state index is 13.2. The molecule has 4 amide bonds. The van der Waals surface area contributed by atoms with Gasteiger partial charge < -0.3 is 19.7 Å². The lowest BCUT2D eigenvalue weighted by molar-refractivity contribution is 0.0924. The van der Waals surface area contributed by atoms with E-state index in [0.29, 0.717) is 30.0 Å². The minimum absolute atomic E-state index is 0.0708. The first-order valence-corrected chi connectivity index (χ1v) is 15.8. The summed E-state index contributed by atoms with van der Waals surface area (Å²) in [4.78, 5) is 52.9. The van der Waals surface area contributed by atoms with Gasteiger partial charge in [0.15, 0.2) is 0 Å². The number of amides is 4. The van der Waals surface area contributed by atoms with Gasteiger partial charge in [-0.2, -0.15) is 4.31 Å². The summed E-state index contributed by atoms with van der Waals surface area (Å²) in [6, 6.07) is 5.55. The number of nitrogens with one attached hydrogen (secondary N) is 2. The molecule has 14 heteroatoms. The molecule has 1 atom stereocenters. The zero-order valence-electron chi connectivity index (χ0n) is 23.2. The standard InChI is InChI=1S/C27H34N4O8S2/c1-4-38-26(34)29-24(33)22-20-13-15-30(27(35)39-5-2)16-21(20)40-25(22)28-23(32)18-9-11-19(12-10-18)41(36,37)31-14-7-6-8-17(31)3/h9-12,17H,4-8,13-16H2,1-3H3,(H,28,32)(H,29,33,34). The van der Waals surface area contributed by atoms with E-state index < -0.39 is 34.0 Å². The van der Waals surface area contributed by atoms with Crippen LogP contribution in [0.15, 0.2) is 29.2 Å². The van der Waals surface area contributed by atoms with E-state index in [4.69, 9.17) is 9.47 Å². The van der Waals surface area contributed by atoms with Crippen molar-refractivity contribution in [3.05, 3.63) is 45.8 Å². The van der Waals surface area contributed by atoms with Gasteiger partial charge in [0.05, 0.1) is 30.2 Å². The number of imide groups is 1. The minimum atomic E-state index is -3.70. The zero-order valence-corrected chi connectivity index (χ0v) is 24.9. The lowest BCUT2D eigenvalue weighted by Gasteiger charge is -2.32. The molecule has 2 N–H and O–H groups in total. The van der Waals surface area contributed by atoms with Crippen LogP contribution in [0.4, 0.5) is 14.6 Å². The molecule has 1 aromatic carbocycles. The Kier molecular flexibility index (Phi) is 9.66. The molecule has 222 valence electrons. The Hall–Kier alpha value is -3.49. The Bertz CT molecular complexity index is 1420. The second kappa shape index (κ2) is 13.0. The van der Waals surface area contributed by atoms with E-state index in [9.17, 15) is 27.6 Å². The van der Waals surface area contributed by atoms with Gasteiger partial charge in [0.25, 0.3) is 11.8 Å². The molecule has 12 nitrogen and oxygen atoms in total. The summed E-state index contributed by atoms with van der Waals surface area (Å²) in [5, 5.41) is 5.12. The van der Waals surface area contributed by atoms with E-state index in [1.165, 1.54) is 33.5 Å². The molecule has 3 heterocycles. The van der Waals surface area contributed by atoms with Crippen molar-refractivity contribution in [2.24, 2.45) is 0 Å². The first-order chi connectivity index (χ1) is 19.6. The summed E-state index contributed by atoms with van der Waals surface area (Å²) in [7, 11) is -3.70. The molecule has 1 fully saturated rings. The number of thiophene rings is 1. The van der Waals surface area contributed by atoms with Gasteiger partial charge in [-0.15, -0.1) is 11.3 Å². The Morgan fingerprint density at radius 2 is 1.71 bits per heavy atom. The van der Waals surface area contributed by atoms with E-state index in [-0.39, 0.29) is 46.8 Å². The highest BCUT2D eigenvalue weighted by atomic mass is 32.2. The van der Waals surface area contributed by atoms with Crippen molar-refractivity contribution < 1.29 is 37.1 Å². The number of hydrogen-bond donors (Lipinski definition) is 2. The normalized spacial score (nSPS) is 17.3. The maximum atomic E-state index is 13.2. The van der Waals surface area contributed by atoms with Crippen LogP contribution in [0.3, 0.4) is 0 Å². The van der Waals surface area contributed by atoms with Crippen LogP contribution in [0.1, 0.15) is 71.2 Å². The van der Waals surface area contributed by atoms with Crippen LogP contribution in [-0.4, -0.2) is 74.0 Å². The molecule has 0 bridgehead atoms. The van der Waals surface area contributed by atoms with Gasteiger partial charge in [0.2, 0.25) is 10.0 Å². The zero-order chi connectivity index (χ0) is 29.7. The Morgan fingerprint density at radius 3 is 2.37 bits per heavy atom. The summed E-state index contributed by atoms with van der Waals surface area (Å²) in [5.74, 6) is -1.30. The van der Waals surface area contributed by atoms with Crippen LogP contribution >= 0.6 is 11.3 Å². The third kappa shape index (κ3) is 6.71. The highest BCUT2D eigenvalue weighted by molar-refractivity contribution is 7.89. The van der Waals surface area contributed by atoms with Crippen molar-refractivity contribution in [1.82, 2.24) is 14.5 Å². The molecule has 0 aliphatic carbocycles. The summed E-state index contributed by atoms with van der Waals surface area (Å²) in [6.07, 6.45) is 1.50. The van der Waals surface area contributed by atoms with Gasteiger partial charge >= 0.3 is 12.2 Å². The van der Waals surface area contributed by atoms with Crippen molar-refractivity contribution in [3.8, 4) is 0 Å². The Balaban J connectivity index is 1.58. The van der Waals surface area contributed by atoms with Gasteiger partial charge in [-0.05, 0) is 69.9 Å². The van der Waals surface area contributed by atoms with Gasteiger partial charge in [-0.1, -0.05) is 6.42 Å². The van der Waals surface area contributed by atoms with E-state index in [1.54, 1.807) is 13.8 Å². The number of carbonyl (C=O) groups excluding carboxylic acids is 4. The Morgan fingerprint density at radius 1 is 1.00 bits per heavy atom. The van der Waals surface area contributed by atoms with Gasteiger partial charge in [-0.25, -0.2) is 18.0 Å². The summed E-state index contributed by atoms with van der Waals surface area (Å²) < 4.78 is 37.7. The average Bonchev–Trinajstić information content (AvgIpc) is 3.30. The number of sulfonamides is 1. The fourth-order valence-electron chi connectivity index (χ4n) is 4.94. The number of fused-ring (bicyclic) bond motifs is 1. The van der Waals surface area contributed by atoms with Gasteiger partial charge in [0, 0.05) is 29.6 Å². The van der Waals surface area contributed by atoms with Crippen molar-refractivity contribution in [2.75, 3.05) is 31.6 Å². The monoisotopic (exact) mass is 606 g/mol. The average molecular weight is 607 g/mol. The molecular weight excluding hydrogens is 572 g/mol. The minimum Gasteiger partial charge on any atom is -0.450 e. The smallest absolute Gasteiger partial charge is 0.414 e. The molecule has 1 unspecified atom stereocenters. The number of alkyl carbamates (subject to hydrolysis) is 1. The van der Waals surface area contributed by atoms with Crippen LogP contribution in [0.5, 0.6) is 0 Å². The SMILES string of the molecule is CCOC(=O)NC(=O)c1c(NC(=O)c2ccc(S(=O)(=O)N3CCCCC3C)cc2)sc2c1CCN(C(=O)OCC)C2. The van der Waals surface area contributed by atoms with E-state index in [0.717, 1.165) is 30.6 Å². The molecule has 41 heavy (non-hydrogen) atoms. The number of hydrogen-bond acceptors (Lipinski definition) is 9. The molecule has 2 aromatic rings. The second-order valence-corrected chi connectivity index (χ2v) is 12.7. The van der Waals surface area contributed by atoms with E-state index >= 15 is 0 Å². The molecule has 2 aliphatic rings. The van der Waals surface area contributed by atoms with E-state index in [2.05, 4.69) is 10.6 Å². The summed E-state index contributed by atoms with van der Waals surface area (Å²) >= 11 is 1.12. The highest BCUT2D eigenvalue weighted by Crippen LogP contribution is 2.38. The quantitative estimate of drug-likeness (QED) is 0.481. The number of ether oxygens (including phenoxy) is 2. The van der Waals surface area contributed by atoms with Crippen molar-refractivity contribution >= 4 is 50.4 Å². The highest BCUT2D eigenvalue weighted by Gasteiger charge is 2.33. The number of nitrogens with zero attached hydrogens (tertiary/aromatic N) is 2.